The molecule has 2 N–H and O–H groups in total. The maximum atomic E-state index is 13.2. The predicted octanol–water partition coefficient (Wildman–Crippen LogP) is 2.12. The van der Waals surface area contributed by atoms with Gasteiger partial charge in [-0.05, 0) is 37.5 Å². The minimum absolute atomic E-state index is 0.135. The Morgan fingerprint density at radius 1 is 1.48 bits per heavy atom. The first kappa shape index (κ1) is 17.8. The summed E-state index contributed by atoms with van der Waals surface area (Å²) >= 11 is 5.66. The third-order valence-corrected chi connectivity index (χ3v) is 5.81. The lowest BCUT2D eigenvalue weighted by atomic mass is 9.94. The van der Waals surface area contributed by atoms with Gasteiger partial charge in [-0.25, -0.2) is 17.5 Å². The number of hydrogen-bond acceptors (Lipinski definition) is 4. The van der Waals surface area contributed by atoms with E-state index in [1.807, 2.05) is 0 Å². The van der Waals surface area contributed by atoms with Crippen LogP contribution in [0.3, 0.4) is 0 Å². The first-order chi connectivity index (χ1) is 11.8. The smallest absolute Gasteiger partial charge is 0.325 e. The maximum absolute atomic E-state index is 13.2. The second kappa shape index (κ2) is 6.74. The molecule has 1 heterocycles. The molecule has 0 unspecified atom stereocenters. The van der Waals surface area contributed by atoms with Gasteiger partial charge in [0, 0.05) is 11.3 Å². The largest absolute Gasteiger partial charge is 0.480 e. The zero-order chi connectivity index (χ0) is 18.2. The van der Waals surface area contributed by atoms with Gasteiger partial charge in [0.2, 0.25) is 10.0 Å². The van der Waals surface area contributed by atoms with Gasteiger partial charge in [-0.1, -0.05) is 11.6 Å². The Morgan fingerprint density at radius 3 is 2.92 bits per heavy atom. The fraction of sp³-hybridized carbons (Fsp3) is 0.333. The molecule has 0 radical (unpaired) electrons. The van der Waals surface area contributed by atoms with Crippen LogP contribution in [0.5, 0.6) is 0 Å². The minimum atomic E-state index is -3.91. The molecule has 0 amide bonds. The molecule has 10 heteroatoms. The number of fused-ring (bicyclic) bond motifs is 1. The standard InChI is InChI=1S/C15H15ClFN3O4S/c16-11-6-9(4-5-12(11)17)25(23,24)19-13-2-1-3-14-10(13)7-18-20(14)8-15(21)22/h4-7,13,19H,1-3,8H2,(H,21,22)/t13-/m1/s1. The van der Waals surface area contributed by atoms with Gasteiger partial charge in [-0.2, -0.15) is 5.10 Å². The van der Waals surface area contributed by atoms with Gasteiger partial charge in [0.1, 0.15) is 12.4 Å². The van der Waals surface area contributed by atoms with E-state index in [2.05, 4.69) is 9.82 Å². The number of aromatic nitrogens is 2. The number of aliphatic carboxylic acids is 1. The summed E-state index contributed by atoms with van der Waals surface area (Å²) in [5.74, 6) is -1.72. The number of rotatable bonds is 5. The molecule has 2 aromatic rings. The molecule has 0 bridgehead atoms. The second-order valence-corrected chi connectivity index (χ2v) is 7.86. The third kappa shape index (κ3) is 3.68. The van der Waals surface area contributed by atoms with E-state index in [4.69, 9.17) is 16.7 Å². The van der Waals surface area contributed by atoms with E-state index in [1.165, 1.54) is 10.9 Å². The maximum Gasteiger partial charge on any atom is 0.325 e. The molecule has 1 aromatic heterocycles. The number of benzene rings is 1. The summed E-state index contributed by atoms with van der Waals surface area (Å²) in [6.45, 7) is -0.275. The van der Waals surface area contributed by atoms with Gasteiger partial charge in [-0.15, -0.1) is 0 Å². The molecule has 3 rings (SSSR count). The Kier molecular flexibility index (Phi) is 4.81. The van der Waals surface area contributed by atoms with E-state index in [0.29, 0.717) is 30.5 Å². The number of carboxylic acids is 1. The van der Waals surface area contributed by atoms with Crippen molar-refractivity contribution in [1.29, 1.82) is 0 Å². The summed E-state index contributed by atoms with van der Waals surface area (Å²) in [5.41, 5.74) is 1.36. The van der Waals surface area contributed by atoms with Crippen molar-refractivity contribution < 1.29 is 22.7 Å². The summed E-state index contributed by atoms with van der Waals surface area (Å²) in [4.78, 5) is 10.8. The summed E-state index contributed by atoms with van der Waals surface area (Å²) in [6.07, 6.45) is 3.36. The number of hydrogen-bond donors (Lipinski definition) is 2. The number of nitrogens with one attached hydrogen (secondary N) is 1. The highest BCUT2D eigenvalue weighted by Gasteiger charge is 2.29. The van der Waals surface area contributed by atoms with Crippen LogP contribution in [-0.2, 0) is 27.8 Å². The van der Waals surface area contributed by atoms with Crippen molar-refractivity contribution in [3.63, 3.8) is 0 Å². The Labute approximate surface area is 148 Å². The van der Waals surface area contributed by atoms with E-state index in [0.717, 1.165) is 18.2 Å². The van der Waals surface area contributed by atoms with Gasteiger partial charge in [-0.3, -0.25) is 9.48 Å². The van der Waals surface area contributed by atoms with E-state index in [1.54, 1.807) is 0 Å². The van der Waals surface area contributed by atoms with Crippen molar-refractivity contribution in [2.45, 2.75) is 36.7 Å². The fourth-order valence-corrected chi connectivity index (χ4v) is 4.43. The zero-order valence-corrected chi connectivity index (χ0v) is 14.5. The molecule has 1 aliphatic carbocycles. The lowest BCUT2D eigenvalue weighted by molar-refractivity contribution is -0.137. The van der Waals surface area contributed by atoms with Gasteiger partial charge >= 0.3 is 5.97 Å². The molecule has 134 valence electrons. The van der Waals surface area contributed by atoms with Crippen LogP contribution in [0.2, 0.25) is 5.02 Å². The van der Waals surface area contributed by atoms with E-state index in [-0.39, 0.29) is 16.5 Å². The quantitative estimate of drug-likeness (QED) is 0.818. The van der Waals surface area contributed by atoms with Crippen molar-refractivity contribution in [2.75, 3.05) is 0 Å². The number of nitrogens with zero attached hydrogens (tertiary/aromatic N) is 2. The molecule has 0 saturated carbocycles. The van der Waals surface area contributed by atoms with Crippen LogP contribution in [0.1, 0.15) is 30.1 Å². The van der Waals surface area contributed by atoms with E-state index >= 15 is 0 Å². The summed E-state index contributed by atoms with van der Waals surface area (Å²) < 4.78 is 42.3. The number of carbonyl (C=O) groups is 1. The lowest BCUT2D eigenvalue weighted by Crippen LogP contribution is -2.31. The topological polar surface area (TPSA) is 101 Å². The van der Waals surface area contributed by atoms with Crippen LogP contribution in [0, 0.1) is 5.82 Å². The van der Waals surface area contributed by atoms with Crippen LogP contribution in [0.25, 0.3) is 0 Å². The first-order valence-electron chi connectivity index (χ1n) is 7.51. The molecule has 0 aliphatic heterocycles. The van der Waals surface area contributed by atoms with Gasteiger partial charge in [0.15, 0.2) is 0 Å². The average Bonchev–Trinajstić information content (AvgIpc) is 2.93. The Balaban J connectivity index is 1.88. The van der Waals surface area contributed by atoms with Crippen molar-refractivity contribution >= 4 is 27.6 Å². The van der Waals surface area contributed by atoms with Crippen LogP contribution < -0.4 is 4.72 Å². The van der Waals surface area contributed by atoms with Crippen LogP contribution in [0.15, 0.2) is 29.3 Å². The molecule has 0 fully saturated rings. The number of sulfonamides is 1. The fourth-order valence-electron chi connectivity index (χ4n) is 2.90. The normalized spacial score (nSPS) is 17.3. The average molecular weight is 388 g/mol. The van der Waals surface area contributed by atoms with Gasteiger partial charge in [0.05, 0.1) is 22.2 Å². The van der Waals surface area contributed by atoms with Crippen molar-refractivity contribution in [3.8, 4) is 0 Å². The molecule has 1 atom stereocenters. The van der Waals surface area contributed by atoms with Crippen molar-refractivity contribution in [3.05, 3.63) is 46.5 Å². The molecule has 0 spiro atoms. The third-order valence-electron chi connectivity index (χ3n) is 4.05. The van der Waals surface area contributed by atoms with Crippen LogP contribution >= 0.6 is 11.6 Å². The molecule has 25 heavy (non-hydrogen) atoms. The van der Waals surface area contributed by atoms with E-state index < -0.39 is 27.9 Å². The minimum Gasteiger partial charge on any atom is -0.480 e. The Hall–Kier alpha value is -1.97. The Morgan fingerprint density at radius 2 is 2.24 bits per heavy atom. The summed E-state index contributed by atoms with van der Waals surface area (Å²) in [7, 11) is -3.91. The van der Waals surface area contributed by atoms with E-state index in [9.17, 15) is 17.6 Å². The zero-order valence-electron chi connectivity index (χ0n) is 12.9. The highest BCUT2D eigenvalue weighted by molar-refractivity contribution is 7.89. The molecular weight excluding hydrogens is 373 g/mol. The monoisotopic (exact) mass is 387 g/mol. The highest BCUT2D eigenvalue weighted by atomic mass is 35.5. The molecule has 0 saturated heterocycles. The highest BCUT2D eigenvalue weighted by Crippen LogP contribution is 2.31. The summed E-state index contributed by atoms with van der Waals surface area (Å²) in [6, 6.07) is 2.66. The van der Waals surface area contributed by atoms with Crippen molar-refractivity contribution in [1.82, 2.24) is 14.5 Å². The number of halogens is 2. The Bertz CT molecular complexity index is 929. The van der Waals surface area contributed by atoms with Crippen LogP contribution in [0.4, 0.5) is 4.39 Å². The van der Waals surface area contributed by atoms with Crippen LogP contribution in [-0.4, -0.2) is 29.3 Å². The van der Waals surface area contributed by atoms with Gasteiger partial charge in [0.25, 0.3) is 0 Å². The molecular formula is C15H15ClFN3O4S. The molecule has 7 nitrogen and oxygen atoms in total. The van der Waals surface area contributed by atoms with Gasteiger partial charge < -0.3 is 5.11 Å². The van der Waals surface area contributed by atoms with Crippen molar-refractivity contribution in [2.24, 2.45) is 0 Å². The molecule has 1 aliphatic rings. The SMILES string of the molecule is O=C(O)Cn1ncc2c1CCC[C@H]2NS(=O)(=O)c1ccc(F)c(Cl)c1. The first-order valence-corrected chi connectivity index (χ1v) is 9.38. The summed E-state index contributed by atoms with van der Waals surface area (Å²) in [5, 5.41) is 12.7. The predicted molar refractivity (Wildman–Crippen MR) is 87.3 cm³/mol. The lowest BCUT2D eigenvalue weighted by Gasteiger charge is -2.24. The molecule has 1 aromatic carbocycles. The number of carboxylic acid groups (broad SMARTS) is 1. The second-order valence-electron chi connectivity index (χ2n) is 5.74.